The van der Waals surface area contributed by atoms with Crippen molar-refractivity contribution >= 4 is 11.9 Å². The van der Waals surface area contributed by atoms with E-state index in [9.17, 15) is 18.4 Å². The van der Waals surface area contributed by atoms with Crippen LogP contribution in [-0.2, 0) is 9.59 Å². The van der Waals surface area contributed by atoms with E-state index in [0.717, 1.165) is 17.0 Å². The van der Waals surface area contributed by atoms with Crippen LogP contribution in [0.4, 0.5) is 8.78 Å². The summed E-state index contributed by atoms with van der Waals surface area (Å²) in [7, 11) is 0. The average molecular weight is 273 g/mol. The highest BCUT2D eigenvalue weighted by atomic mass is 19.2. The van der Waals surface area contributed by atoms with E-state index >= 15 is 0 Å². The maximum atomic E-state index is 13.1. The molecule has 1 rings (SSSR count). The predicted molar refractivity (Wildman–Crippen MR) is 61.6 cm³/mol. The van der Waals surface area contributed by atoms with E-state index in [1.807, 2.05) is 0 Å². The third kappa shape index (κ3) is 4.29. The number of carbonyl (C=O) groups is 2. The molecule has 19 heavy (non-hydrogen) atoms. The standard InChI is InChI=1S/C12H13F2NO4/c1-7(8-2-3-9(13)10(14)4-8)15(5-11(16)17)6-12(18)19/h2-4,7H,5-6H2,1H3,(H,16,17)(H,18,19). The number of carboxylic acids is 2. The van der Waals surface area contributed by atoms with Gasteiger partial charge >= 0.3 is 11.9 Å². The van der Waals surface area contributed by atoms with Crippen molar-refractivity contribution in [2.45, 2.75) is 13.0 Å². The second-order valence-electron chi connectivity index (χ2n) is 4.04. The zero-order valence-electron chi connectivity index (χ0n) is 10.1. The summed E-state index contributed by atoms with van der Waals surface area (Å²) < 4.78 is 25.9. The number of hydrogen-bond acceptors (Lipinski definition) is 3. The fourth-order valence-electron chi connectivity index (χ4n) is 1.66. The Kier molecular flexibility index (Phi) is 4.94. The lowest BCUT2D eigenvalue weighted by Crippen LogP contribution is -2.36. The van der Waals surface area contributed by atoms with Gasteiger partial charge < -0.3 is 10.2 Å². The van der Waals surface area contributed by atoms with Crippen LogP contribution in [0.5, 0.6) is 0 Å². The van der Waals surface area contributed by atoms with Gasteiger partial charge in [0.2, 0.25) is 0 Å². The van der Waals surface area contributed by atoms with Gasteiger partial charge in [-0.25, -0.2) is 8.78 Å². The van der Waals surface area contributed by atoms with E-state index in [4.69, 9.17) is 10.2 Å². The topological polar surface area (TPSA) is 77.8 Å². The highest BCUT2D eigenvalue weighted by molar-refractivity contribution is 5.72. The quantitative estimate of drug-likeness (QED) is 0.821. The molecule has 1 atom stereocenters. The fraction of sp³-hybridized carbons (Fsp3) is 0.333. The molecule has 0 amide bonds. The molecule has 0 aliphatic carbocycles. The van der Waals surface area contributed by atoms with Crippen LogP contribution in [0.1, 0.15) is 18.5 Å². The molecule has 104 valence electrons. The number of rotatable bonds is 6. The van der Waals surface area contributed by atoms with Gasteiger partial charge in [-0.2, -0.15) is 0 Å². The molecule has 2 N–H and O–H groups in total. The molecule has 0 fully saturated rings. The van der Waals surface area contributed by atoms with E-state index in [-0.39, 0.29) is 0 Å². The first-order chi connectivity index (χ1) is 8.81. The van der Waals surface area contributed by atoms with E-state index < -0.39 is 42.7 Å². The van der Waals surface area contributed by atoms with Crippen molar-refractivity contribution < 1.29 is 28.6 Å². The van der Waals surface area contributed by atoms with Crippen LogP contribution >= 0.6 is 0 Å². The number of halogens is 2. The van der Waals surface area contributed by atoms with Crippen molar-refractivity contribution in [3.05, 3.63) is 35.4 Å². The van der Waals surface area contributed by atoms with Crippen molar-refractivity contribution in [3.8, 4) is 0 Å². The monoisotopic (exact) mass is 273 g/mol. The van der Waals surface area contributed by atoms with Gasteiger partial charge in [-0.3, -0.25) is 14.5 Å². The molecule has 5 nitrogen and oxygen atoms in total. The van der Waals surface area contributed by atoms with Crippen molar-refractivity contribution in [3.63, 3.8) is 0 Å². The molecular formula is C12H13F2NO4. The van der Waals surface area contributed by atoms with Gasteiger partial charge in [0.1, 0.15) is 0 Å². The van der Waals surface area contributed by atoms with Crippen LogP contribution in [-0.4, -0.2) is 40.1 Å². The van der Waals surface area contributed by atoms with Crippen LogP contribution in [0.15, 0.2) is 18.2 Å². The van der Waals surface area contributed by atoms with Gasteiger partial charge in [0.05, 0.1) is 13.1 Å². The minimum atomic E-state index is -1.20. The molecule has 0 aliphatic rings. The Labute approximate surface area is 108 Å². The Hall–Kier alpha value is -2.02. The maximum absolute atomic E-state index is 13.1. The molecule has 0 aromatic heterocycles. The summed E-state index contributed by atoms with van der Waals surface area (Å²) in [5, 5.41) is 17.4. The third-order valence-corrected chi connectivity index (χ3v) is 2.65. The molecule has 0 bridgehead atoms. The van der Waals surface area contributed by atoms with Crippen LogP contribution in [0.3, 0.4) is 0 Å². The number of benzene rings is 1. The largest absolute Gasteiger partial charge is 0.480 e. The van der Waals surface area contributed by atoms with Crippen LogP contribution in [0, 0.1) is 11.6 Å². The Bertz CT molecular complexity index is 477. The summed E-state index contributed by atoms with van der Waals surface area (Å²) in [5.41, 5.74) is 0.307. The van der Waals surface area contributed by atoms with Crippen LogP contribution in [0.25, 0.3) is 0 Å². The molecule has 1 unspecified atom stereocenters. The SMILES string of the molecule is CC(c1ccc(F)c(F)c1)N(CC(=O)O)CC(=O)O. The van der Waals surface area contributed by atoms with Gasteiger partial charge in [-0.05, 0) is 24.6 Å². The highest BCUT2D eigenvalue weighted by Crippen LogP contribution is 2.21. The van der Waals surface area contributed by atoms with Crippen LogP contribution < -0.4 is 0 Å². The van der Waals surface area contributed by atoms with Crippen molar-refractivity contribution in [2.75, 3.05) is 13.1 Å². The Balaban J connectivity index is 2.96. The first-order valence-electron chi connectivity index (χ1n) is 5.44. The van der Waals surface area contributed by atoms with E-state index in [0.29, 0.717) is 5.56 Å². The Morgan fingerprint density at radius 3 is 2.11 bits per heavy atom. The van der Waals surface area contributed by atoms with E-state index in [2.05, 4.69) is 0 Å². The lowest BCUT2D eigenvalue weighted by atomic mass is 10.1. The zero-order chi connectivity index (χ0) is 14.6. The zero-order valence-corrected chi connectivity index (χ0v) is 10.1. The summed E-state index contributed by atoms with van der Waals surface area (Å²) >= 11 is 0. The first kappa shape index (κ1) is 15.0. The maximum Gasteiger partial charge on any atom is 0.317 e. The van der Waals surface area contributed by atoms with Gasteiger partial charge in [0.25, 0.3) is 0 Å². The van der Waals surface area contributed by atoms with Gasteiger partial charge in [-0.1, -0.05) is 6.07 Å². The lowest BCUT2D eigenvalue weighted by Gasteiger charge is -2.26. The first-order valence-corrected chi connectivity index (χ1v) is 5.44. The summed E-state index contributed by atoms with van der Waals surface area (Å²) in [6, 6.07) is 2.47. The van der Waals surface area contributed by atoms with E-state index in [1.54, 1.807) is 0 Å². The Morgan fingerprint density at radius 2 is 1.68 bits per heavy atom. The van der Waals surface area contributed by atoms with Crippen molar-refractivity contribution in [1.29, 1.82) is 0 Å². The highest BCUT2D eigenvalue weighted by Gasteiger charge is 2.21. The summed E-state index contributed by atoms with van der Waals surface area (Å²) in [6.45, 7) is 0.511. The van der Waals surface area contributed by atoms with Gasteiger partial charge in [0.15, 0.2) is 11.6 Å². The second kappa shape index (κ2) is 6.24. The van der Waals surface area contributed by atoms with Gasteiger partial charge in [-0.15, -0.1) is 0 Å². The van der Waals surface area contributed by atoms with Crippen molar-refractivity contribution in [2.24, 2.45) is 0 Å². The molecule has 1 aromatic carbocycles. The molecule has 0 saturated carbocycles. The summed E-state index contributed by atoms with van der Waals surface area (Å²) in [4.78, 5) is 22.5. The Morgan fingerprint density at radius 1 is 1.16 bits per heavy atom. The number of aliphatic carboxylic acids is 2. The molecule has 0 spiro atoms. The molecule has 0 aliphatic heterocycles. The molecular weight excluding hydrogens is 260 g/mol. The third-order valence-electron chi connectivity index (χ3n) is 2.65. The van der Waals surface area contributed by atoms with E-state index in [1.165, 1.54) is 13.0 Å². The second-order valence-corrected chi connectivity index (χ2v) is 4.04. The van der Waals surface area contributed by atoms with Crippen molar-refractivity contribution in [1.82, 2.24) is 4.90 Å². The molecule has 0 saturated heterocycles. The van der Waals surface area contributed by atoms with Crippen LogP contribution in [0.2, 0.25) is 0 Å². The molecule has 1 aromatic rings. The number of hydrogen-bond donors (Lipinski definition) is 2. The number of nitrogens with zero attached hydrogens (tertiary/aromatic N) is 1. The minimum Gasteiger partial charge on any atom is -0.480 e. The summed E-state index contributed by atoms with van der Waals surface area (Å²) in [6.07, 6.45) is 0. The number of carboxylic acid groups (broad SMARTS) is 2. The molecule has 0 heterocycles. The summed E-state index contributed by atoms with van der Waals surface area (Å²) in [5.74, 6) is -4.47. The smallest absolute Gasteiger partial charge is 0.317 e. The molecule has 0 radical (unpaired) electrons. The molecule has 7 heteroatoms. The predicted octanol–water partition coefficient (Wildman–Crippen LogP) is 1.50. The minimum absolute atomic E-state index is 0.307. The van der Waals surface area contributed by atoms with Gasteiger partial charge in [0, 0.05) is 6.04 Å². The average Bonchev–Trinajstić information content (AvgIpc) is 2.29. The fourth-order valence-corrected chi connectivity index (χ4v) is 1.66. The normalized spacial score (nSPS) is 12.4. The lowest BCUT2D eigenvalue weighted by molar-refractivity contribution is -0.142.